The summed E-state index contributed by atoms with van der Waals surface area (Å²) in [6, 6.07) is 0. The lowest BCUT2D eigenvalue weighted by Crippen LogP contribution is -2.30. The van der Waals surface area contributed by atoms with Crippen LogP contribution in [0.2, 0.25) is 0 Å². The molecule has 0 amide bonds. The number of carbonyl (C=O) groups excluding carboxylic acids is 3. The number of esters is 3. The highest BCUT2D eigenvalue weighted by molar-refractivity contribution is 5.71. The number of rotatable bonds is 53. The first kappa shape index (κ1) is 71.8. The lowest BCUT2D eigenvalue weighted by molar-refractivity contribution is -0.167. The summed E-state index contributed by atoms with van der Waals surface area (Å²) < 4.78 is 16.8. The Bertz CT molecular complexity index is 1790. The minimum Gasteiger partial charge on any atom is -0.462 e. The van der Waals surface area contributed by atoms with Gasteiger partial charge in [-0.05, 0) is 148 Å². The van der Waals surface area contributed by atoms with Crippen LogP contribution in [-0.2, 0) is 28.6 Å². The van der Waals surface area contributed by atoms with Gasteiger partial charge in [0.25, 0.3) is 0 Å². The van der Waals surface area contributed by atoms with Gasteiger partial charge in [-0.25, -0.2) is 0 Å². The molecule has 0 aromatic carbocycles. The third kappa shape index (κ3) is 61.5. The first-order chi connectivity index (χ1) is 38.0. The van der Waals surface area contributed by atoms with Crippen LogP contribution in [0.25, 0.3) is 0 Å². The quantitative estimate of drug-likeness (QED) is 0.0261. The van der Waals surface area contributed by atoms with Gasteiger partial charge in [-0.1, -0.05) is 242 Å². The average Bonchev–Trinajstić information content (AvgIpc) is 3.43. The molecule has 6 heteroatoms. The monoisotopic (exact) mass is 1060 g/mol. The van der Waals surface area contributed by atoms with Gasteiger partial charge >= 0.3 is 17.9 Å². The predicted molar refractivity (Wildman–Crippen MR) is 334 cm³/mol. The van der Waals surface area contributed by atoms with E-state index >= 15 is 0 Å². The first-order valence-electron chi connectivity index (χ1n) is 30.6. The Kier molecular flexibility index (Phi) is 59.0. The molecule has 1 unspecified atom stereocenters. The van der Waals surface area contributed by atoms with Gasteiger partial charge in [0, 0.05) is 19.3 Å². The van der Waals surface area contributed by atoms with E-state index in [4.69, 9.17) is 14.2 Å². The summed E-state index contributed by atoms with van der Waals surface area (Å²) in [6.45, 7) is 6.23. The normalized spacial score (nSPS) is 13.3. The third-order valence-electron chi connectivity index (χ3n) is 12.2. The Morgan fingerprint density at radius 2 is 0.468 bits per heavy atom. The molecule has 0 rings (SSSR count). The van der Waals surface area contributed by atoms with Crippen molar-refractivity contribution in [3.63, 3.8) is 0 Å². The zero-order valence-electron chi connectivity index (χ0n) is 49.1. The summed E-state index contributed by atoms with van der Waals surface area (Å²) in [7, 11) is 0. The summed E-state index contributed by atoms with van der Waals surface area (Å²) in [5.74, 6) is -0.984. The summed E-state index contributed by atoms with van der Waals surface area (Å²) in [4.78, 5) is 38.2. The number of hydrogen-bond acceptors (Lipinski definition) is 6. The lowest BCUT2D eigenvalue weighted by Gasteiger charge is -2.18. The van der Waals surface area contributed by atoms with Gasteiger partial charge in [0.1, 0.15) is 13.2 Å². The first-order valence-corrected chi connectivity index (χ1v) is 30.6. The fraction of sp³-hybridized carbons (Fsp3) is 0.563. The second kappa shape index (κ2) is 63.3. The zero-order valence-corrected chi connectivity index (χ0v) is 49.1. The van der Waals surface area contributed by atoms with Gasteiger partial charge in [0.2, 0.25) is 0 Å². The van der Waals surface area contributed by atoms with Crippen LogP contribution in [0.5, 0.6) is 0 Å². The van der Waals surface area contributed by atoms with E-state index in [-0.39, 0.29) is 37.5 Å². The van der Waals surface area contributed by atoms with E-state index in [1.807, 2.05) is 0 Å². The Labute approximate surface area is 472 Å². The van der Waals surface area contributed by atoms with Crippen molar-refractivity contribution in [2.45, 2.75) is 245 Å². The minimum absolute atomic E-state index is 0.112. The second-order valence-electron chi connectivity index (χ2n) is 19.5. The van der Waals surface area contributed by atoms with Crippen LogP contribution in [0, 0.1) is 0 Å². The number of ether oxygens (including phenoxy) is 3. The molecular formula is C71H110O6. The van der Waals surface area contributed by atoms with E-state index in [2.05, 4.69) is 191 Å². The Hall–Kier alpha value is -5.23. The zero-order chi connectivity index (χ0) is 55.7. The molecule has 0 aliphatic carbocycles. The molecule has 0 heterocycles. The maximum atomic E-state index is 12.9. The van der Waals surface area contributed by atoms with Crippen molar-refractivity contribution in [1.29, 1.82) is 0 Å². The smallest absolute Gasteiger partial charge is 0.306 e. The summed E-state index contributed by atoms with van der Waals surface area (Å²) >= 11 is 0. The van der Waals surface area contributed by atoms with Crippen molar-refractivity contribution < 1.29 is 28.6 Å². The van der Waals surface area contributed by atoms with Gasteiger partial charge < -0.3 is 14.2 Å². The fourth-order valence-electron chi connectivity index (χ4n) is 7.72. The van der Waals surface area contributed by atoms with E-state index < -0.39 is 6.10 Å². The van der Waals surface area contributed by atoms with Gasteiger partial charge in [-0.3, -0.25) is 14.4 Å². The maximum absolute atomic E-state index is 12.9. The molecule has 0 aliphatic rings. The Balaban J connectivity index is 4.41. The molecule has 430 valence electrons. The van der Waals surface area contributed by atoms with Crippen LogP contribution in [-0.4, -0.2) is 37.2 Å². The Morgan fingerprint density at radius 1 is 0.260 bits per heavy atom. The largest absolute Gasteiger partial charge is 0.462 e. The van der Waals surface area contributed by atoms with Gasteiger partial charge in [0.05, 0.1) is 0 Å². The van der Waals surface area contributed by atoms with Gasteiger partial charge in [-0.15, -0.1) is 0 Å². The van der Waals surface area contributed by atoms with Crippen molar-refractivity contribution in [3.05, 3.63) is 170 Å². The molecule has 0 aromatic heterocycles. The van der Waals surface area contributed by atoms with Crippen molar-refractivity contribution in [2.24, 2.45) is 0 Å². The molecule has 0 saturated heterocycles. The van der Waals surface area contributed by atoms with Crippen LogP contribution in [0.4, 0.5) is 0 Å². The number of unbranched alkanes of at least 4 members (excludes halogenated alkanes) is 14. The molecule has 0 saturated carbocycles. The van der Waals surface area contributed by atoms with Gasteiger partial charge in [0.15, 0.2) is 6.10 Å². The second-order valence-corrected chi connectivity index (χ2v) is 19.5. The van der Waals surface area contributed by atoms with Crippen molar-refractivity contribution in [3.8, 4) is 0 Å². The van der Waals surface area contributed by atoms with E-state index in [1.165, 1.54) is 25.7 Å². The SMILES string of the molecule is CC/C=C\C/C=C\C/C=C\C/C=C\C/C=C\C/C=C\C/C=C\CCCCCCCCCC(=O)OCC(COC(=O)CCCCC/C=C\C/C=C\C/C=C\CC)OC(=O)CCCCCC/C=C\C/C=C\C/C=C\C/C=C\CC. The van der Waals surface area contributed by atoms with Crippen molar-refractivity contribution in [2.75, 3.05) is 13.2 Å². The standard InChI is InChI=1S/C71H110O6/c1-4-7-10-13-16-19-22-25-27-29-30-31-32-33-34-35-36-37-38-39-40-42-43-46-49-52-55-58-61-64-70(73)76-67-68(66-75-69(72)63-60-57-54-51-48-45-24-21-18-15-12-9-6-3)77-71(74)65-62-59-56-53-50-47-44-41-28-26-23-20-17-14-11-8-5-2/h7-12,16-21,25-28,30-31,33-34,36-37,39-40,44-45,47-48,68H,4-6,13-15,22-24,29,32,35,38,41-43,46,49-67H2,1-3H3/b10-7-,11-8-,12-9-,19-16-,20-17-,21-18-,27-25-,28-26-,31-30-,34-33-,37-36-,40-39-,47-44-,48-45-. The van der Waals surface area contributed by atoms with Crippen LogP contribution >= 0.6 is 0 Å². The molecule has 77 heavy (non-hydrogen) atoms. The molecular weight excluding hydrogens is 949 g/mol. The summed E-state index contributed by atoms with van der Waals surface area (Å²) in [5.41, 5.74) is 0. The number of allylic oxidation sites excluding steroid dienone is 28. The minimum atomic E-state index is -0.818. The molecule has 0 radical (unpaired) electrons. The highest BCUT2D eigenvalue weighted by Gasteiger charge is 2.19. The Morgan fingerprint density at radius 3 is 0.740 bits per heavy atom. The van der Waals surface area contributed by atoms with Crippen molar-refractivity contribution in [1.82, 2.24) is 0 Å². The highest BCUT2D eigenvalue weighted by Crippen LogP contribution is 2.13. The highest BCUT2D eigenvalue weighted by atomic mass is 16.6. The van der Waals surface area contributed by atoms with Crippen LogP contribution in [0.15, 0.2) is 170 Å². The molecule has 0 spiro atoms. The maximum Gasteiger partial charge on any atom is 0.306 e. The molecule has 0 N–H and O–H groups in total. The molecule has 0 aromatic rings. The molecule has 1 atom stereocenters. The van der Waals surface area contributed by atoms with Crippen LogP contribution in [0.1, 0.15) is 239 Å². The van der Waals surface area contributed by atoms with E-state index in [9.17, 15) is 14.4 Å². The molecule has 0 bridgehead atoms. The van der Waals surface area contributed by atoms with Crippen LogP contribution in [0.3, 0.4) is 0 Å². The van der Waals surface area contributed by atoms with Gasteiger partial charge in [-0.2, -0.15) is 0 Å². The van der Waals surface area contributed by atoms with Crippen LogP contribution < -0.4 is 0 Å². The third-order valence-corrected chi connectivity index (χ3v) is 12.2. The number of hydrogen-bond donors (Lipinski definition) is 0. The average molecular weight is 1060 g/mol. The summed E-state index contributed by atoms with van der Waals surface area (Å²) in [6.07, 6.45) is 93.5. The molecule has 6 nitrogen and oxygen atoms in total. The predicted octanol–water partition coefficient (Wildman–Crippen LogP) is 21.1. The number of carbonyl (C=O) groups is 3. The lowest BCUT2D eigenvalue weighted by atomic mass is 10.1. The van der Waals surface area contributed by atoms with E-state index in [0.717, 1.165) is 173 Å². The summed E-state index contributed by atoms with van der Waals surface area (Å²) in [5, 5.41) is 0. The van der Waals surface area contributed by atoms with Crippen molar-refractivity contribution >= 4 is 17.9 Å². The topological polar surface area (TPSA) is 78.9 Å². The molecule has 0 fully saturated rings. The molecule has 0 aliphatic heterocycles. The fourth-order valence-corrected chi connectivity index (χ4v) is 7.72. The van der Waals surface area contributed by atoms with E-state index in [0.29, 0.717) is 12.8 Å². The van der Waals surface area contributed by atoms with E-state index in [1.54, 1.807) is 0 Å².